The molecule has 2 aromatic rings. The highest BCUT2D eigenvalue weighted by atomic mass is 32.2. The van der Waals surface area contributed by atoms with Crippen molar-refractivity contribution in [2.45, 2.75) is 30.5 Å². The second-order valence-electron chi connectivity index (χ2n) is 3.94. The molecular formula is C13H17N3S. The summed E-state index contributed by atoms with van der Waals surface area (Å²) in [6, 6.07) is 7.99. The van der Waals surface area contributed by atoms with Crippen molar-refractivity contribution >= 4 is 17.4 Å². The van der Waals surface area contributed by atoms with Crippen LogP contribution in [0.25, 0.3) is 0 Å². The van der Waals surface area contributed by atoms with Gasteiger partial charge in [-0.3, -0.25) is 0 Å². The summed E-state index contributed by atoms with van der Waals surface area (Å²) in [6.07, 6.45) is 4.97. The lowest BCUT2D eigenvalue weighted by Crippen LogP contribution is -1.99. The van der Waals surface area contributed by atoms with E-state index in [0.29, 0.717) is 0 Å². The van der Waals surface area contributed by atoms with Gasteiger partial charge in [-0.15, -0.1) is 11.8 Å². The Balaban J connectivity index is 1.99. The van der Waals surface area contributed by atoms with Gasteiger partial charge < -0.3 is 10.3 Å². The first-order valence-corrected chi connectivity index (χ1v) is 6.75. The fraction of sp³-hybridized carbons (Fsp3) is 0.308. The van der Waals surface area contributed by atoms with Crippen LogP contribution in [0.5, 0.6) is 0 Å². The van der Waals surface area contributed by atoms with Gasteiger partial charge in [-0.1, -0.05) is 13.0 Å². The van der Waals surface area contributed by atoms with Crippen molar-refractivity contribution in [1.82, 2.24) is 9.55 Å². The molecule has 90 valence electrons. The standard InChI is InChI=1S/C13H17N3S/c1-2-6-16-10-15-8-12(16)9-17-13-5-3-4-11(14)7-13/h3-5,7-8,10H,2,6,9,14H2,1H3. The number of hydrogen-bond donors (Lipinski definition) is 1. The SMILES string of the molecule is CCCn1cncc1CSc1cccc(N)c1. The zero-order valence-corrected chi connectivity index (χ0v) is 10.8. The first-order valence-electron chi connectivity index (χ1n) is 5.77. The maximum Gasteiger partial charge on any atom is 0.0948 e. The number of aromatic nitrogens is 2. The molecule has 1 heterocycles. The van der Waals surface area contributed by atoms with Crippen LogP contribution in [0.15, 0.2) is 41.7 Å². The number of benzene rings is 1. The lowest BCUT2D eigenvalue weighted by molar-refractivity contribution is 0.659. The quantitative estimate of drug-likeness (QED) is 0.652. The fourth-order valence-electron chi connectivity index (χ4n) is 1.67. The Hall–Kier alpha value is -1.42. The number of hydrogen-bond acceptors (Lipinski definition) is 3. The Morgan fingerprint density at radius 3 is 3.06 bits per heavy atom. The second-order valence-corrected chi connectivity index (χ2v) is 4.99. The third-order valence-electron chi connectivity index (χ3n) is 2.51. The number of nitrogens with zero attached hydrogens (tertiary/aromatic N) is 2. The van der Waals surface area contributed by atoms with E-state index in [1.807, 2.05) is 30.7 Å². The largest absolute Gasteiger partial charge is 0.399 e. The van der Waals surface area contributed by atoms with Gasteiger partial charge in [-0.25, -0.2) is 4.98 Å². The van der Waals surface area contributed by atoms with E-state index in [1.54, 1.807) is 11.8 Å². The summed E-state index contributed by atoms with van der Waals surface area (Å²) in [5.74, 6) is 0.934. The highest BCUT2D eigenvalue weighted by Crippen LogP contribution is 2.24. The van der Waals surface area contributed by atoms with Gasteiger partial charge in [0.05, 0.1) is 6.33 Å². The first-order chi connectivity index (χ1) is 8.29. The van der Waals surface area contributed by atoms with Crippen molar-refractivity contribution in [3.05, 3.63) is 42.5 Å². The molecule has 0 aliphatic carbocycles. The first kappa shape index (κ1) is 12.0. The zero-order valence-electron chi connectivity index (χ0n) is 9.97. The fourth-order valence-corrected chi connectivity index (χ4v) is 2.62. The van der Waals surface area contributed by atoms with E-state index in [4.69, 9.17) is 5.73 Å². The van der Waals surface area contributed by atoms with E-state index < -0.39 is 0 Å². The Morgan fingerprint density at radius 2 is 2.29 bits per heavy atom. The van der Waals surface area contributed by atoms with Crippen molar-refractivity contribution in [3.8, 4) is 0 Å². The summed E-state index contributed by atoms with van der Waals surface area (Å²) in [7, 11) is 0. The number of imidazole rings is 1. The summed E-state index contributed by atoms with van der Waals surface area (Å²) in [4.78, 5) is 5.40. The number of rotatable bonds is 5. The predicted molar refractivity (Wildman–Crippen MR) is 72.9 cm³/mol. The molecule has 4 heteroatoms. The van der Waals surface area contributed by atoms with Crippen LogP contribution in [0.1, 0.15) is 19.0 Å². The van der Waals surface area contributed by atoms with Crippen molar-refractivity contribution in [2.75, 3.05) is 5.73 Å². The Morgan fingerprint density at radius 1 is 1.41 bits per heavy atom. The van der Waals surface area contributed by atoms with E-state index in [9.17, 15) is 0 Å². The molecule has 3 nitrogen and oxygen atoms in total. The van der Waals surface area contributed by atoms with Crippen molar-refractivity contribution in [3.63, 3.8) is 0 Å². The van der Waals surface area contributed by atoms with Crippen LogP contribution in [-0.4, -0.2) is 9.55 Å². The number of nitrogen functional groups attached to an aromatic ring is 1. The van der Waals surface area contributed by atoms with Crippen LogP contribution < -0.4 is 5.73 Å². The maximum atomic E-state index is 5.75. The van der Waals surface area contributed by atoms with E-state index >= 15 is 0 Å². The number of aryl methyl sites for hydroxylation is 1. The molecule has 0 saturated heterocycles. The van der Waals surface area contributed by atoms with Gasteiger partial charge in [-0.2, -0.15) is 0 Å². The molecule has 0 aliphatic heterocycles. The highest BCUT2D eigenvalue weighted by Gasteiger charge is 2.02. The summed E-state index contributed by atoms with van der Waals surface area (Å²) in [5.41, 5.74) is 7.83. The number of thioether (sulfide) groups is 1. The van der Waals surface area contributed by atoms with E-state index in [-0.39, 0.29) is 0 Å². The molecule has 0 unspecified atom stereocenters. The molecular weight excluding hydrogens is 230 g/mol. The van der Waals surface area contributed by atoms with Crippen molar-refractivity contribution < 1.29 is 0 Å². The third-order valence-corrected chi connectivity index (χ3v) is 3.54. The van der Waals surface area contributed by atoms with Gasteiger partial charge in [0, 0.05) is 34.8 Å². The topological polar surface area (TPSA) is 43.8 Å². The Kier molecular flexibility index (Phi) is 4.09. The van der Waals surface area contributed by atoms with Gasteiger partial charge >= 0.3 is 0 Å². The summed E-state index contributed by atoms with van der Waals surface area (Å²) in [6.45, 7) is 3.21. The van der Waals surface area contributed by atoms with Crippen LogP contribution in [0.4, 0.5) is 5.69 Å². The Bertz CT molecular complexity index is 479. The van der Waals surface area contributed by atoms with Gasteiger partial charge in [0.25, 0.3) is 0 Å². The molecule has 0 spiro atoms. The van der Waals surface area contributed by atoms with Crippen LogP contribution in [0, 0.1) is 0 Å². The second kappa shape index (κ2) is 5.77. The number of anilines is 1. The zero-order chi connectivity index (χ0) is 12.1. The van der Waals surface area contributed by atoms with Crippen molar-refractivity contribution in [1.29, 1.82) is 0 Å². The minimum Gasteiger partial charge on any atom is -0.399 e. The maximum absolute atomic E-state index is 5.75. The predicted octanol–water partition coefficient (Wildman–Crippen LogP) is 3.17. The molecule has 17 heavy (non-hydrogen) atoms. The average molecular weight is 247 g/mol. The van der Waals surface area contributed by atoms with E-state index in [0.717, 1.165) is 24.4 Å². The highest BCUT2D eigenvalue weighted by molar-refractivity contribution is 7.98. The monoisotopic (exact) mass is 247 g/mol. The lowest BCUT2D eigenvalue weighted by Gasteiger charge is -2.06. The molecule has 0 fully saturated rings. The van der Waals surface area contributed by atoms with E-state index in [2.05, 4.69) is 22.5 Å². The molecule has 0 bridgehead atoms. The van der Waals surface area contributed by atoms with E-state index in [1.165, 1.54) is 10.6 Å². The molecule has 2 rings (SSSR count). The van der Waals surface area contributed by atoms with Crippen LogP contribution in [0.2, 0.25) is 0 Å². The minimum absolute atomic E-state index is 0.817. The van der Waals surface area contributed by atoms with Gasteiger partial charge in [0.2, 0.25) is 0 Å². The molecule has 0 saturated carbocycles. The smallest absolute Gasteiger partial charge is 0.0948 e. The number of nitrogens with two attached hydrogens (primary N) is 1. The average Bonchev–Trinajstić information content (AvgIpc) is 2.75. The Labute approximate surface area is 106 Å². The van der Waals surface area contributed by atoms with Gasteiger partial charge in [0.1, 0.15) is 0 Å². The van der Waals surface area contributed by atoms with Gasteiger partial charge in [-0.05, 0) is 24.6 Å². The lowest BCUT2D eigenvalue weighted by atomic mass is 10.3. The molecule has 0 amide bonds. The molecule has 1 aromatic heterocycles. The molecule has 0 radical (unpaired) electrons. The van der Waals surface area contributed by atoms with Crippen LogP contribution in [0.3, 0.4) is 0 Å². The normalized spacial score (nSPS) is 10.6. The van der Waals surface area contributed by atoms with Crippen LogP contribution >= 0.6 is 11.8 Å². The van der Waals surface area contributed by atoms with Crippen LogP contribution in [-0.2, 0) is 12.3 Å². The summed E-state index contributed by atoms with van der Waals surface area (Å²) >= 11 is 1.79. The minimum atomic E-state index is 0.817. The third kappa shape index (κ3) is 3.27. The molecule has 0 aliphatic rings. The molecule has 1 aromatic carbocycles. The van der Waals surface area contributed by atoms with Gasteiger partial charge in [0.15, 0.2) is 0 Å². The summed E-state index contributed by atoms with van der Waals surface area (Å²) in [5, 5.41) is 0. The molecule has 0 atom stereocenters. The summed E-state index contributed by atoms with van der Waals surface area (Å²) < 4.78 is 2.21. The molecule has 2 N–H and O–H groups in total. The van der Waals surface area contributed by atoms with Crippen molar-refractivity contribution in [2.24, 2.45) is 0 Å².